The van der Waals surface area contributed by atoms with Crippen molar-refractivity contribution in [1.29, 1.82) is 0 Å². The maximum atomic E-state index is 13.3. The predicted octanol–water partition coefficient (Wildman–Crippen LogP) is 6.89. The predicted molar refractivity (Wildman–Crippen MR) is 114 cm³/mol. The third-order valence-corrected chi connectivity index (χ3v) is 5.99. The first kappa shape index (κ1) is 26.2. The maximum Gasteiger partial charge on any atom is 0.416 e. The molecule has 9 heteroatoms. The number of hydrogen-bond acceptors (Lipinski definition) is 3. The van der Waals surface area contributed by atoms with Gasteiger partial charge in [-0.05, 0) is 55.0 Å². The van der Waals surface area contributed by atoms with Gasteiger partial charge in [0, 0.05) is 5.92 Å². The van der Waals surface area contributed by atoms with Crippen LogP contribution in [0.3, 0.4) is 0 Å². The first-order valence-corrected chi connectivity index (χ1v) is 10.8. The molecule has 1 fully saturated rings. The first-order valence-electron chi connectivity index (χ1n) is 10.8. The first-order chi connectivity index (χ1) is 15.9. The largest absolute Gasteiger partial charge is 0.416 e. The van der Waals surface area contributed by atoms with Crippen LogP contribution in [0.5, 0.6) is 0 Å². The molecule has 0 unspecified atom stereocenters. The van der Waals surface area contributed by atoms with E-state index in [9.17, 15) is 31.4 Å². The van der Waals surface area contributed by atoms with Gasteiger partial charge in [-0.1, -0.05) is 36.4 Å². The summed E-state index contributed by atoms with van der Waals surface area (Å²) in [6, 6.07) is 10.4. The molecule has 1 aliphatic rings. The molecular formula is C25H26F6O3. The highest BCUT2D eigenvalue weighted by molar-refractivity contribution is 5.35. The fourth-order valence-corrected chi connectivity index (χ4v) is 4.28. The topological polar surface area (TPSA) is 38.7 Å². The van der Waals surface area contributed by atoms with E-state index in [0.29, 0.717) is 25.0 Å². The molecule has 0 amide bonds. The molecule has 0 radical (unpaired) electrons. The minimum absolute atomic E-state index is 0.0851. The Morgan fingerprint density at radius 1 is 1.06 bits per heavy atom. The normalized spacial score (nSPS) is 23.4. The molecule has 1 heterocycles. The quantitative estimate of drug-likeness (QED) is 0.341. The van der Waals surface area contributed by atoms with E-state index in [1.807, 2.05) is 18.2 Å². The Labute approximate surface area is 194 Å². The van der Waals surface area contributed by atoms with Crippen LogP contribution < -0.4 is 0 Å². The molecule has 1 saturated heterocycles. The van der Waals surface area contributed by atoms with E-state index < -0.39 is 47.9 Å². The Kier molecular flexibility index (Phi) is 8.10. The second kappa shape index (κ2) is 10.5. The number of benzene rings is 2. The van der Waals surface area contributed by atoms with Crippen LogP contribution in [0.4, 0.5) is 26.3 Å². The molecule has 1 N–H and O–H groups in total. The average molecular weight is 488 g/mol. The standard InChI is InChI=1S/C25H26F6O3/c1-3-7-21(32)20-10-11-33-23(22(20)16-8-5-4-6-9-16)34-15(2)17-12-18(24(26,27)28)14-19(13-17)25(29,30)31/h3-6,8-9,12-15,20-23,32H,1,7,10-11H2,2H3/t15-,20+,21+,22+,23-/m1/s1. The number of rotatable bonds is 7. The summed E-state index contributed by atoms with van der Waals surface area (Å²) in [6.07, 6.45) is -10.4. The van der Waals surface area contributed by atoms with Crippen molar-refractivity contribution in [3.8, 4) is 0 Å². The summed E-state index contributed by atoms with van der Waals surface area (Å²) >= 11 is 0. The molecule has 0 bridgehead atoms. The van der Waals surface area contributed by atoms with Crippen LogP contribution >= 0.6 is 0 Å². The second-order valence-corrected chi connectivity index (χ2v) is 8.34. The zero-order valence-corrected chi connectivity index (χ0v) is 18.4. The van der Waals surface area contributed by atoms with Crippen LogP contribution in [0.1, 0.15) is 54.0 Å². The van der Waals surface area contributed by atoms with Gasteiger partial charge in [0.15, 0.2) is 6.29 Å². The molecule has 5 atom stereocenters. The SMILES string of the molecule is C=CC[C@H](O)[C@@H]1CCO[C@H](O[C@H](C)c2cc(C(F)(F)F)cc(C(F)(F)F)c2)[C@H]1c1ccccc1. The minimum Gasteiger partial charge on any atom is -0.392 e. The van der Waals surface area contributed by atoms with Crippen molar-refractivity contribution < 1.29 is 40.9 Å². The van der Waals surface area contributed by atoms with Crippen molar-refractivity contribution in [3.05, 3.63) is 83.4 Å². The Hall–Kier alpha value is -2.36. The molecule has 0 aromatic heterocycles. The molecule has 2 aromatic carbocycles. The number of aliphatic hydroxyl groups excluding tert-OH is 1. The molecular weight excluding hydrogens is 462 g/mol. The van der Waals surface area contributed by atoms with E-state index in [1.54, 1.807) is 18.2 Å². The lowest BCUT2D eigenvalue weighted by Crippen LogP contribution is -2.42. The van der Waals surface area contributed by atoms with Crippen LogP contribution in [0.2, 0.25) is 0 Å². The molecule has 0 aliphatic carbocycles. The van der Waals surface area contributed by atoms with Crippen molar-refractivity contribution in [3.63, 3.8) is 0 Å². The summed E-state index contributed by atoms with van der Waals surface area (Å²) < 4.78 is 91.4. The van der Waals surface area contributed by atoms with Crippen molar-refractivity contribution in [2.75, 3.05) is 6.61 Å². The van der Waals surface area contributed by atoms with Gasteiger partial charge in [0.25, 0.3) is 0 Å². The monoisotopic (exact) mass is 488 g/mol. The van der Waals surface area contributed by atoms with Crippen molar-refractivity contribution >= 4 is 0 Å². The van der Waals surface area contributed by atoms with E-state index >= 15 is 0 Å². The molecule has 186 valence electrons. The molecule has 2 aromatic rings. The third kappa shape index (κ3) is 6.20. The van der Waals surface area contributed by atoms with Crippen molar-refractivity contribution in [2.24, 2.45) is 5.92 Å². The van der Waals surface area contributed by atoms with Gasteiger partial charge >= 0.3 is 12.4 Å². The molecule has 3 rings (SSSR count). The van der Waals surface area contributed by atoms with Gasteiger partial charge in [-0.15, -0.1) is 6.58 Å². The van der Waals surface area contributed by atoms with Gasteiger partial charge in [-0.3, -0.25) is 0 Å². The Balaban J connectivity index is 1.95. The average Bonchev–Trinajstić information content (AvgIpc) is 2.78. The van der Waals surface area contributed by atoms with Gasteiger partial charge in [-0.25, -0.2) is 0 Å². The van der Waals surface area contributed by atoms with Gasteiger partial charge in [0.1, 0.15) is 0 Å². The number of ether oxygens (including phenoxy) is 2. The highest BCUT2D eigenvalue weighted by Gasteiger charge is 2.41. The number of aliphatic hydroxyl groups is 1. The van der Waals surface area contributed by atoms with E-state index in [2.05, 4.69) is 6.58 Å². The summed E-state index contributed by atoms with van der Waals surface area (Å²) in [4.78, 5) is 0. The van der Waals surface area contributed by atoms with E-state index in [1.165, 1.54) is 6.92 Å². The molecule has 1 aliphatic heterocycles. The molecule has 3 nitrogen and oxygen atoms in total. The van der Waals surface area contributed by atoms with E-state index in [-0.39, 0.29) is 24.2 Å². The van der Waals surface area contributed by atoms with Crippen LogP contribution in [0.25, 0.3) is 0 Å². The lowest BCUT2D eigenvalue weighted by Gasteiger charge is -2.41. The number of halogens is 6. The number of alkyl halides is 6. The second-order valence-electron chi connectivity index (χ2n) is 8.34. The highest BCUT2D eigenvalue weighted by atomic mass is 19.4. The summed E-state index contributed by atoms with van der Waals surface area (Å²) in [5, 5.41) is 10.7. The lowest BCUT2D eigenvalue weighted by atomic mass is 9.77. The molecule has 34 heavy (non-hydrogen) atoms. The van der Waals surface area contributed by atoms with E-state index in [4.69, 9.17) is 9.47 Å². The highest BCUT2D eigenvalue weighted by Crippen LogP contribution is 2.42. The Morgan fingerprint density at radius 3 is 2.18 bits per heavy atom. The van der Waals surface area contributed by atoms with Crippen molar-refractivity contribution in [1.82, 2.24) is 0 Å². The maximum absolute atomic E-state index is 13.3. The van der Waals surface area contributed by atoms with Crippen LogP contribution in [-0.4, -0.2) is 24.1 Å². The Bertz CT molecular complexity index is 925. The number of hydrogen-bond donors (Lipinski definition) is 1. The molecule has 0 spiro atoms. The van der Waals surface area contributed by atoms with Crippen molar-refractivity contribution in [2.45, 2.75) is 56.5 Å². The third-order valence-electron chi connectivity index (χ3n) is 5.99. The zero-order chi connectivity index (χ0) is 25.1. The minimum atomic E-state index is -4.95. The molecule has 0 saturated carbocycles. The fraction of sp³-hybridized carbons (Fsp3) is 0.440. The summed E-state index contributed by atoms with van der Waals surface area (Å²) in [6.45, 7) is 5.25. The van der Waals surface area contributed by atoms with Gasteiger partial charge in [-0.2, -0.15) is 26.3 Å². The van der Waals surface area contributed by atoms with Gasteiger partial charge in [0.2, 0.25) is 0 Å². The van der Waals surface area contributed by atoms with Crippen LogP contribution in [-0.2, 0) is 21.8 Å². The summed E-state index contributed by atoms with van der Waals surface area (Å²) in [7, 11) is 0. The van der Waals surface area contributed by atoms with Gasteiger partial charge < -0.3 is 14.6 Å². The van der Waals surface area contributed by atoms with Crippen LogP contribution in [0.15, 0.2) is 61.2 Å². The van der Waals surface area contributed by atoms with Gasteiger partial charge in [0.05, 0.1) is 29.9 Å². The smallest absolute Gasteiger partial charge is 0.392 e. The summed E-state index contributed by atoms with van der Waals surface area (Å²) in [5.41, 5.74) is -2.30. The van der Waals surface area contributed by atoms with E-state index in [0.717, 1.165) is 5.56 Å². The fourth-order valence-electron chi connectivity index (χ4n) is 4.28. The zero-order valence-electron chi connectivity index (χ0n) is 18.4. The summed E-state index contributed by atoms with van der Waals surface area (Å²) in [5.74, 6) is -0.793. The Morgan fingerprint density at radius 2 is 1.65 bits per heavy atom. The lowest BCUT2D eigenvalue weighted by molar-refractivity contribution is -0.217. The van der Waals surface area contributed by atoms with Crippen LogP contribution in [0, 0.1) is 5.92 Å².